The molecule has 1 heterocycles. The first-order valence-corrected chi connectivity index (χ1v) is 6.39. The highest BCUT2D eigenvalue weighted by Gasteiger charge is 2.07. The fourth-order valence-corrected chi connectivity index (χ4v) is 2.43. The molecule has 0 spiro atoms. The Hall–Kier alpha value is -1.25. The number of nitriles is 1. The molecule has 0 aliphatic rings. The van der Waals surface area contributed by atoms with Crippen molar-refractivity contribution in [3.05, 3.63) is 41.1 Å². The second-order valence-corrected chi connectivity index (χ2v) is 4.77. The highest BCUT2D eigenvalue weighted by atomic mass is 79.9. The summed E-state index contributed by atoms with van der Waals surface area (Å²) in [4.78, 5) is 4.23. The molecule has 0 bridgehead atoms. The highest BCUT2D eigenvalue weighted by Crippen LogP contribution is 2.25. The third-order valence-corrected chi connectivity index (χ3v) is 3.49. The SMILES string of the molecule is N#CCSc1nccn1-c1ccccc1Br. The molecular formula is C11H8BrN3S. The van der Waals surface area contributed by atoms with Crippen molar-refractivity contribution >= 4 is 27.7 Å². The molecule has 2 aromatic rings. The summed E-state index contributed by atoms with van der Waals surface area (Å²) in [5.74, 6) is 0.404. The number of hydrogen-bond acceptors (Lipinski definition) is 3. The van der Waals surface area contributed by atoms with Gasteiger partial charge in [0.15, 0.2) is 5.16 Å². The van der Waals surface area contributed by atoms with E-state index in [2.05, 4.69) is 27.0 Å². The van der Waals surface area contributed by atoms with Gasteiger partial charge in [-0.05, 0) is 28.1 Å². The van der Waals surface area contributed by atoms with Crippen LogP contribution in [0.25, 0.3) is 5.69 Å². The van der Waals surface area contributed by atoms with Crippen LogP contribution in [0.5, 0.6) is 0 Å². The van der Waals surface area contributed by atoms with E-state index < -0.39 is 0 Å². The van der Waals surface area contributed by atoms with Crippen molar-refractivity contribution in [3.8, 4) is 11.8 Å². The number of aromatic nitrogens is 2. The molecule has 3 nitrogen and oxygen atoms in total. The van der Waals surface area contributed by atoms with E-state index >= 15 is 0 Å². The van der Waals surface area contributed by atoms with Gasteiger partial charge in [0.25, 0.3) is 0 Å². The van der Waals surface area contributed by atoms with E-state index in [1.807, 2.05) is 35.0 Å². The molecule has 1 aromatic heterocycles. The van der Waals surface area contributed by atoms with Gasteiger partial charge in [0, 0.05) is 16.9 Å². The molecule has 0 atom stereocenters. The predicted octanol–water partition coefficient (Wildman–Crippen LogP) is 3.25. The Kier molecular flexibility index (Phi) is 3.65. The van der Waals surface area contributed by atoms with Gasteiger partial charge in [-0.1, -0.05) is 23.9 Å². The zero-order valence-electron chi connectivity index (χ0n) is 8.30. The number of imidazole rings is 1. The maximum atomic E-state index is 8.56. The van der Waals surface area contributed by atoms with Gasteiger partial charge in [-0.2, -0.15) is 5.26 Å². The highest BCUT2D eigenvalue weighted by molar-refractivity contribution is 9.10. The van der Waals surface area contributed by atoms with Gasteiger partial charge in [0.2, 0.25) is 0 Å². The average molecular weight is 294 g/mol. The van der Waals surface area contributed by atoms with Crippen molar-refractivity contribution < 1.29 is 0 Å². The topological polar surface area (TPSA) is 41.6 Å². The second kappa shape index (κ2) is 5.19. The molecule has 0 saturated heterocycles. The van der Waals surface area contributed by atoms with Crippen molar-refractivity contribution in [1.29, 1.82) is 5.26 Å². The second-order valence-electron chi connectivity index (χ2n) is 2.98. The molecule has 0 fully saturated rings. The molecule has 0 saturated carbocycles. The summed E-state index contributed by atoms with van der Waals surface area (Å²) in [6.07, 6.45) is 3.62. The lowest BCUT2D eigenvalue weighted by atomic mass is 10.3. The molecule has 2 rings (SSSR count). The summed E-state index contributed by atoms with van der Waals surface area (Å²) in [7, 11) is 0. The van der Waals surface area contributed by atoms with Crippen LogP contribution >= 0.6 is 27.7 Å². The molecule has 1 aromatic carbocycles. The van der Waals surface area contributed by atoms with Crippen molar-refractivity contribution in [1.82, 2.24) is 9.55 Å². The van der Waals surface area contributed by atoms with Gasteiger partial charge in [-0.15, -0.1) is 0 Å². The number of benzene rings is 1. The van der Waals surface area contributed by atoms with Crippen molar-refractivity contribution in [2.75, 3.05) is 5.75 Å². The lowest BCUT2D eigenvalue weighted by Gasteiger charge is -2.07. The molecule has 80 valence electrons. The van der Waals surface area contributed by atoms with Gasteiger partial charge >= 0.3 is 0 Å². The maximum absolute atomic E-state index is 8.56. The first kappa shape index (κ1) is 11.2. The molecule has 16 heavy (non-hydrogen) atoms. The standard InChI is InChI=1S/C11H8BrN3S/c12-9-3-1-2-4-10(9)15-7-6-14-11(15)16-8-5-13/h1-4,6-7H,8H2. The molecule has 0 amide bonds. The molecule has 0 aliphatic heterocycles. The Balaban J connectivity index is 2.38. The third-order valence-electron chi connectivity index (χ3n) is 1.98. The summed E-state index contributed by atoms with van der Waals surface area (Å²) >= 11 is 4.92. The number of thioether (sulfide) groups is 1. The number of rotatable bonds is 3. The molecule has 0 aliphatic carbocycles. The lowest BCUT2D eigenvalue weighted by molar-refractivity contribution is 0.893. The number of para-hydroxylation sites is 1. The van der Waals surface area contributed by atoms with E-state index in [1.54, 1.807) is 6.20 Å². The van der Waals surface area contributed by atoms with Crippen LogP contribution in [0.4, 0.5) is 0 Å². The van der Waals surface area contributed by atoms with Crippen LogP contribution in [0, 0.1) is 11.3 Å². The maximum Gasteiger partial charge on any atom is 0.173 e. The van der Waals surface area contributed by atoms with Crippen LogP contribution < -0.4 is 0 Å². The minimum atomic E-state index is 0.404. The van der Waals surface area contributed by atoms with Gasteiger partial charge in [-0.3, -0.25) is 4.57 Å². The molecule has 0 radical (unpaired) electrons. The van der Waals surface area contributed by atoms with Crippen LogP contribution in [0.3, 0.4) is 0 Å². The van der Waals surface area contributed by atoms with Crippen LogP contribution in [0.15, 0.2) is 46.3 Å². The zero-order valence-corrected chi connectivity index (χ0v) is 10.7. The summed E-state index contributed by atoms with van der Waals surface area (Å²) in [6.45, 7) is 0. The molecule has 5 heteroatoms. The summed E-state index contributed by atoms with van der Waals surface area (Å²) < 4.78 is 2.97. The summed E-state index contributed by atoms with van der Waals surface area (Å²) in [5.41, 5.74) is 1.03. The van der Waals surface area contributed by atoms with E-state index in [1.165, 1.54) is 11.8 Å². The van der Waals surface area contributed by atoms with Crippen LogP contribution in [-0.2, 0) is 0 Å². The number of hydrogen-bond donors (Lipinski definition) is 0. The predicted molar refractivity (Wildman–Crippen MR) is 67.6 cm³/mol. The quantitative estimate of drug-likeness (QED) is 0.816. The van der Waals surface area contributed by atoms with E-state index in [-0.39, 0.29) is 0 Å². The first-order chi connectivity index (χ1) is 7.83. The largest absolute Gasteiger partial charge is 0.294 e. The third kappa shape index (κ3) is 2.29. The van der Waals surface area contributed by atoms with E-state index in [9.17, 15) is 0 Å². The van der Waals surface area contributed by atoms with Gasteiger partial charge in [-0.25, -0.2) is 4.98 Å². The number of halogens is 1. The van der Waals surface area contributed by atoms with E-state index in [4.69, 9.17) is 5.26 Å². The van der Waals surface area contributed by atoms with Crippen molar-refractivity contribution in [3.63, 3.8) is 0 Å². The fourth-order valence-electron chi connectivity index (χ4n) is 1.32. The summed E-state index contributed by atoms with van der Waals surface area (Å²) in [6, 6.07) is 10.0. The Labute approximate surface area is 106 Å². The molecular weight excluding hydrogens is 286 g/mol. The Morgan fingerprint density at radius 1 is 1.44 bits per heavy atom. The Bertz CT molecular complexity index is 530. The van der Waals surface area contributed by atoms with Crippen molar-refractivity contribution in [2.24, 2.45) is 0 Å². The van der Waals surface area contributed by atoms with Gasteiger partial charge in [0.05, 0.1) is 17.5 Å². The Morgan fingerprint density at radius 3 is 3.00 bits per heavy atom. The monoisotopic (exact) mass is 293 g/mol. The van der Waals surface area contributed by atoms with Crippen LogP contribution in [-0.4, -0.2) is 15.3 Å². The van der Waals surface area contributed by atoms with Crippen LogP contribution in [0.1, 0.15) is 0 Å². The normalized spacial score (nSPS) is 10.0. The number of nitrogens with zero attached hydrogens (tertiary/aromatic N) is 3. The molecule has 0 N–H and O–H groups in total. The minimum Gasteiger partial charge on any atom is -0.294 e. The first-order valence-electron chi connectivity index (χ1n) is 4.61. The fraction of sp³-hybridized carbons (Fsp3) is 0.0909. The van der Waals surface area contributed by atoms with E-state index in [0.29, 0.717) is 5.75 Å². The zero-order chi connectivity index (χ0) is 11.4. The smallest absolute Gasteiger partial charge is 0.173 e. The van der Waals surface area contributed by atoms with E-state index in [0.717, 1.165) is 15.3 Å². The molecule has 0 unspecified atom stereocenters. The minimum absolute atomic E-state index is 0.404. The van der Waals surface area contributed by atoms with Crippen LogP contribution in [0.2, 0.25) is 0 Å². The lowest BCUT2D eigenvalue weighted by Crippen LogP contribution is -1.96. The van der Waals surface area contributed by atoms with Gasteiger partial charge < -0.3 is 0 Å². The average Bonchev–Trinajstić information content (AvgIpc) is 2.75. The summed E-state index contributed by atoms with van der Waals surface area (Å²) in [5, 5.41) is 9.39. The van der Waals surface area contributed by atoms with Crippen molar-refractivity contribution in [2.45, 2.75) is 5.16 Å². The van der Waals surface area contributed by atoms with Gasteiger partial charge in [0.1, 0.15) is 0 Å². The Morgan fingerprint density at radius 2 is 2.25 bits per heavy atom.